The molecule has 0 saturated carbocycles. The van der Waals surface area contributed by atoms with Crippen LogP contribution in [0, 0.1) is 5.92 Å². The number of furan rings is 1. The van der Waals surface area contributed by atoms with Gasteiger partial charge in [-0.25, -0.2) is 9.10 Å². The van der Waals surface area contributed by atoms with Gasteiger partial charge in [0.2, 0.25) is 0 Å². The van der Waals surface area contributed by atoms with E-state index in [-0.39, 0.29) is 6.03 Å². The molecule has 1 N–H and O–H groups in total. The largest absolute Gasteiger partial charge is 0.464 e. The van der Waals surface area contributed by atoms with Crippen molar-refractivity contribution in [2.24, 2.45) is 5.92 Å². The number of benzene rings is 1. The third kappa shape index (κ3) is 3.55. The number of urea groups is 1. The van der Waals surface area contributed by atoms with Gasteiger partial charge in [-0.2, -0.15) is 0 Å². The minimum Gasteiger partial charge on any atom is -0.464 e. The zero-order valence-corrected chi connectivity index (χ0v) is 15.4. The highest BCUT2D eigenvalue weighted by Crippen LogP contribution is 2.34. The molecule has 25 heavy (non-hydrogen) atoms. The van der Waals surface area contributed by atoms with Crippen molar-refractivity contribution < 1.29 is 9.21 Å². The Kier molecular flexibility index (Phi) is 4.48. The van der Waals surface area contributed by atoms with E-state index in [0.717, 1.165) is 43.7 Å². The average Bonchev–Trinajstić information content (AvgIpc) is 3.26. The molecule has 4 rings (SSSR count). The Morgan fingerprint density at radius 1 is 1.20 bits per heavy atom. The van der Waals surface area contributed by atoms with Crippen LogP contribution < -0.4 is 5.32 Å². The molecular weight excluding hydrogens is 334 g/mol. The zero-order chi connectivity index (χ0) is 17.4. The predicted octanol–water partition coefficient (Wildman–Crippen LogP) is 3.73. The van der Waals surface area contributed by atoms with Crippen LogP contribution in [0.1, 0.15) is 13.8 Å². The number of amides is 2. The molecule has 1 aromatic heterocycles. The Labute approximate surface area is 152 Å². The lowest BCUT2D eigenvalue weighted by Gasteiger charge is -2.23. The van der Waals surface area contributed by atoms with Crippen LogP contribution in [-0.4, -0.2) is 48.0 Å². The van der Waals surface area contributed by atoms with E-state index in [1.54, 1.807) is 18.2 Å². The molecule has 0 unspecified atom stereocenters. The van der Waals surface area contributed by atoms with Crippen LogP contribution in [0.15, 0.2) is 51.0 Å². The molecular formula is C19H23N3O2S. The van der Waals surface area contributed by atoms with Gasteiger partial charge in [0.1, 0.15) is 5.58 Å². The number of carbonyl (C=O) groups is 1. The molecule has 2 aliphatic heterocycles. The molecule has 0 aliphatic carbocycles. The molecule has 1 aromatic carbocycles. The first kappa shape index (κ1) is 16.5. The Bertz CT molecular complexity index is 809. The van der Waals surface area contributed by atoms with Crippen LogP contribution in [0.25, 0.3) is 11.0 Å². The predicted molar refractivity (Wildman–Crippen MR) is 100 cm³/mol. The monoisotopic (exact) mass is 357 g/mol. The van der Waals surface area contributed by atoms with Gasteiger partial charge in [0.05, 0.1) is 6.26 Å². The van der Waals surface area contributed by atoms with Gasteiger partial charge >= 0.3 is 6.03 Å². The maximum absolute atomic E-state index is 12.2. The smallest absolute Gasteiger partial charge is 0.317 e. The van der Waals surface area contributed by atoms with E-state index in [9.17, 15) is 4.79 Å². The molecule has 132 valence electrons. The first-order valence-corrected chi connectivity index (χ1v) is 9.48. The maximum atomic E-state index is 12.2. The molecule has 0 radical (unpaired) electrons. The lowest BCUT2D eigenvalue weighted by atomic mass is 10.2. The first-order valence-electron chi connectivity index (χ1n) is 8.71. The summed E-state index contributed by atoms with van der Waals surface area (Å²) in [5.41, 5.74) is 3.72. The van der Waals surface area contributed by atoms with Gasteiger partial charge in [0, 0.05) is 43.0 Å². The molecule has 0 bridgehead atoms. The Hall–Kier alpha value is -1.92. The van der Waals surface area contributed by atoms with Crippen molar-refractivity contribution in [1.29, 1.82) is 0 Å². The summed E-state index contributed by atoms with van der Waals surface area (Å²) in [7, 11) is 0. The molecule has 0 atom stereocenters. The van der Waals surface area contributed by atoms with Crippen molar-refractivity contribution in [2.75, 3.05) is 32.7 Å². The van der Waals surface area contributed by atoms with Crippen molar-refractivity contribution in [2.45, 2.75) is 18.7 Å². The fraction of sp³-hybridized carbons (Fsp3) is 0.421. The molecule has 5 nitrogen and oxygen atoms in total. The third-order valence-corrected chi connectivity index (χ3v) is 5.59. The highest BCUT2D eigenvalue weighted by Gasteiger charge is 2.32. The summed E-state index contributed by atoms with van der Waals surface area (Å²) in [5, 5.41) is 4.15. The molecule has 0 fully saturated rings. The van der Waals surface area contributed by atoms with E-state index < -0.39 is 0 Å². The van der Waals surface area contributed by atoms with Crippen molar-refractivity contribution in [1.82, 2.24) is 14.5 Å². The molecule has 2 aliphatic rings. The third-order valence-electron chi connectivity index (χ3n) is 4.60. The molecule has 0 spiro atoms. The summed E-state index contributed by atoms with van der Waals surface area (Å²) >= 11 is 1.78. The molecule has 0 saturated heterocycles. The topological polar surface area (TPSA) is 48.7 Å². The van der Waals surface area contributed by atoms with Gasteiger partial charge in [0.15, 0.2) is 0 Å². The second kappa shape index (κ2) is 6.77. The van der Waals surface area contributed by atoms with Crippen LogP contribution in [0.2, 0.25) is 0 Å². The van der Waals surface area contributed by atoms with Crippen LogP contribution in [0.5, 0.6) is 0 Å². The first-order chi connectivity index (χ1) is 12.1. The molecule has 2 aromatic rings. The summed E-state index contributed by atoms with van der Waals surface area (Å²) in [4.78, 5) is 15.4. The van der Waals surface area contributed by atoms with Gasteiger partial charge in [-0.1, -0.05) is 13.8 Å². The fourth-order valence-corrected chi connectivity index (χ4v) is 4.36. The highest BCUT2D eigenvalue weighted by atomic mass is 32.2. The van der Waals surface area contributed by atoms with E-state index in [1.807, 2.05) is 17.0 Å². The van der Waals surface area contributed by atoms with Crippen molar-refractivity contribution in [3.8, 4) is 0 Å². The minimum absolute atomic E-state index is 0.0627. The lowest BCUT2D eigenvalue weighted by molar-refractivity contribution is 0.207. The zero-order valence-electron chi connectivity index (χ0n) is 14.6. The summed E-state index contributed by atoms with van der Waals surface area (Å²) in [6, 6.07) is 8.35. The van der Waals surface area contributed by atoms with E-state index in [1.165, 1.54) is 16.0 Å². The SMILES string of the molecule is CC(C)CNC(=O)N1CC2=C(CN(Sc3ccc4occc4c3)C2)C1. The van der Waals surface area contributed by atoms with Crippen molar-refractivity contribution in [3.05, 3.63) is 41.7 Å². The standard InChI is InChI=1S/C19H23N3O2S/c1-13(2)8-20-19(23)21-9-15-11-22(12-16(15)10-21)25-17-3-4-18-14(7-17)5-6-24-18/h3-7,13H,8-12H2,1-2H3,(H,20,23). The number of rotatable bonds is 4. The number of nitrogens with one attached hydrogen (secondary N) is 1. The van der Waals surface area contributed by atoms with Gasteiger partial charge in [-0.3, -0.25) is 0 Å². The van der Waals surface area contributed by atoms with Crippen LogP contribution in [0.3, 0.4) is 0 Å². The minimum atomic E-state index is 0.0627. The van der Waals surface area contributed by atoms with Crippen molar-refractivity contribution in [3.63, 3.8) is 0 Å². The number of fused-ring (bicyclic) bond motifs is 1. The second-order valence-electron chi connectivity index (χ2n) is 7.15. The Morgan fingerprint density at radius 2 is 1.96 bits per heavy atom. The summed E-state index contributed by atoms with van der Waals surface area (Å²) in [5.74, 6) is 0.478. The van der Waals surface area contributed by atoms with Crippen LogP contribution in [-0.2, 0) is 0 Å². The van der Waals surface area contributed by atoms with Crippen LogP contribution >= 0.6 is 11.9 Å². The normalized spacial score (nSPS) is 17.8. The summed E-state index contributed by atoms with van der Waals surface area (Å²) < 4.78 is 7.77. The van der Waals surface area contributed by atoms with E-state index in [0.29, 0.717) is 5.92 Å². The van der Waals surface area contributed by atoms with E-state index in [2.05, 4.69) is 35.6 Å². The number of nitrogens with zero attached hydrogens (tertiary/aromatic N) is 2. The molecule has 3 heterocycles. The lowest BCUT2D eigenvalue weighted by Crippen LogP contribution is -2.41. The van der Waals surface area contributed by atoms with Gasteiger partial charge in [-0.15, -0.1) is 0 Å². The van der Waals surface area contributed by atoms with Gasteiger partial charge in [-0.05, 0) is 53.3 Å². The summed E-state index contributed by atoms with van der Waals surface area (Å²) in [6.07, 6.45) is 1.73. The van der Waals surface area contributed by atoms with Crippen molar-refractivity contribution >= 4 is 28.9 Å². The number of carbonyl (C=O) groups excluding carboxylic acids is 1. The summed E-state index contributed by atoms with van der Waals surface area (Å²) in [6.45, 7) is 8.33. The highest BCUT2D eigenvalue weighted by molar-refractivity contribution is 7.97. The number of hydrogen-bond acceptors (Lipinski definition) is 4. The van der Waals surface area contributed by atoms with E-state index in [4.69, 9.17) is 4.42 Å². The van der Waals surface area contributed by atoms with Gasteiger partial charge < -0.3 is 14.6 Å². The quantitative estimate of drug-likeness (QED) is 0.669. The second-order valence-corrected chi connectivity index (χ2v) is 8.32. The maximum Gasteiger partial charge on any atom is 0.317 e. The van der Waals surface area contributed by atoms with E-state index >= 15 is 0 Å². The number of hydrogen-bond donors (Lipinski definition) is 1. The Morgan fingerprint density at radius 3 is 2.68 bits per heavy atom. The average molecular weight is 357 g/mol. The molecule has 6 heteroatoms. The Balaban J connectivity index is 1.31. The van der Waals surface area contributed by atoms with Gasteiger partial charge in [0.25, 0.3) is 0 Å². The molecule has 2 amide bonds. The van der Waals surface area contributed by atoms with Crippen LogP contribution in [0.4, 0.5) is 4.79 Å². The fourth-order valence-electron chi connectivity index (χ4n) is 3.31.